The standard InChI is InChI=1S/C14H20N2O/c1-11(2)13(10-15)16-9-8-12-6-4-5-7-14(12)17-3/h4-7,11,13,16H,8-9H2,1-3H3. The van der Waals surface area contributed by atoms with Gasteiger partial charge in [-0.15, -0.1) is 0 Å². The molecule has 0 aliphatic rings. The molecule has 1 unspecified atom stereocenters. The van der Waals surface area contributed by atoms with Crippen LogP contribution >= 0.6 is 0 Å². The summed E-state index contributed by atoms with van der Waals surface area (Å²) in [7, 11) is 1.68. The van der Waals surface area contributed by atoms with E-state index in [1.165, 1.54) is 5.56 Å². The van der Waals surface area contributed by atoms with E-state index in [-0.39, 0.29) is 6.04 Å². The molecular formula is C14H20N2O. The van der Waals surface area contributed by atoms with E-state index in [4.69, 9.17) is 10.00 Å². The van der Waals surface area contributed by atoms with Crippen LogP contribution in [0.1, 0.15) is 19.4 Å². The van der Waals surface area contributed by atoms with Gasteiger partial charge in [0.2, 0.25) is 0 Å². The minimum absolute atomic E-state index is 0.0790. The fourth-order valence-electron chi connectivity index (χ4n) is 1.70. The van der Waals surface area contributed by atoms with E-state index in [1.54, 1.807) is 7.11 Å². The van der Waals surface area contributed by atoms with Crippen molar-refractivity contribution in [3.8, 4) is 11.8 Å². The zero-order valence-corrected chi connectivity index (χ0v) is 10.7. The molecule has 1 rings (SSSR count). The summed E-state index contributed by atoms with van der Waals surface area (Å²) >= 11 is 0. The lowest BCUT2D eigenvalue weighted by Crippen LogP contribution is -2.33. The van der Waals surface area contributed by atoms with Crippen molar-refractivity contribution in [1.82, 2.24) is 5.32 Å². The third kappa shape index (κ3) is 4.08. The highest BCUT2D eigenvalue weighted by molar-refractivity contribution is 5.33. The highest BCUT2D eigenvalue weighted by atomic mass is 16.5. The zero-order valence-electron chi connectivity index (χ0n) is 10.7. The van der Waals surface area contributed by atoms with E-state index in [9.17, 15) is 0 Å². The van der Waals surface area contributed by atoms with Gasteiger partial charge < -0.3 is 10.1 Å². The molecule has 0 aliphatic carbocycles. The van der Waals surface area contributed by atoms with Crippen molar-refractivity contribution >= 4 is 0 Å². The lowest BCUT2D eigenvalue weighted by atomic mass is 10.1. The number of nitrogens with one attached hydrogen (secondary N) is 1. The van der Waals surface area contributed by atoms with Gasteiger partial charge in [-0.2, -0.15) is 5.26 Å². The molecule has 1 N–H and O–H groups in total. The van der Waals surface area contributed by atoms with Crippen LogP contribution in [0.25, 0.3) is 0 Å². The largest absolute Gasteiger partial charge is 0.496 e. The van der Waals surface area contributed by atoms with Gasteiger partial charge in [0.05, 0.1) is 19.2 Å². The Morgan fingerprint density at radius 2 is 2.06 bits per heavy atom. The fourth-order valence-corrected chi connectivity index (χ4v) is 1.70. The van der Waals surface area contributed by atoms with Crippen LogP contribution in [0.2, 0.25) is 0 Å². The van der Waals surface area contributed by atoms with Crippen molar-refractivity contribution in [3.63, 3.8) is 0 Å². The molecule has 0 aromatic heterocycles. The highest BCUT2D eigenvalue weighted by Crippen LogP contribution is 2.17. The lowest BCUT2D eigenvalue weighted by Gasteiger charge is -2.15. The molecule has 17 heavy (non-hydrogen) atoms. The lowest BCUT2D eigenvalue weighted by molar-refractivity contribution is 0.407. The topological polar surface area (TPSA) is 45.0 Å². The molecule has 1 atom stereocenters. The average Bonchev–Trinajstić information content (AvgIpc) is 2.34. The number of nitrogens with zero attached hydrogens (tertiary/aromatic N) is 1. The first-order valence-electron chi connectivity index (χ1n) is 5.94. The van der Waals surface area contributed by atoms with Crippen molar-refractivity contribution in [1.29, 1.82) is 5.26 Å². The van der Waals surface area contributed by atoms with Crippen molar-refractivity contribution < 1.29 is 4.74 Å². The SMILES string of the molecule is COc1ccccc1CCNC(C#N)C(C)C. The maximum absolute atomic E-state index is 8.96. The normalized spacial score (nSPS) is 12.2. The van der Waals surface area contributed by atoms with Gasteiger partial charge in [0.25, 0.3) is 0 Å². The molecule has 0 bridgehead atoms. The second-order valence-electron chi connectivity index (χ2n) is 4.37. The minimum atomic E-state index is -0.0790. The summed E-state index contributed by atoms with van der Waals surface area (Å²) < 4.78 is 5.28. The first kappa shape index (κ1) is 13.5. The summed E-state index contributed by atoms with van der Waals surface area (Å²) in [5.74, 6) is 1.24. The van der Waals surface area contributed by atoms with E-state index in [0.717, 1.165) is 18.7 Å². The molecule has 3 heteroatoms. The van der Waals surface area contributed by atoms with E-state index in [1.807, 2.05) is 32.0 Å². The Labute approximate surface area is 103 Å². The molecule has 0 aliphatic heterocycles. The van der Waals surface area contributed by atoms with E-state index < -0.39 is 0 Å². The van der Waals surface area contributed by atoms with Crippen LogP contribution < -0.4 is 10.1 Å². The Morgan fingerprint density at radius 3 is 2.65 bits per heavy atom. The quantitative estimate of drug-likeness (QED) is 0.819. The Balaban J connectivity index is 2.48. The van der Waals surface area contributed by atoms with E-state index in [2.05, 4.69) is 17.5 Å². The molecule has 1 aromatic carbocycles. The van der Waals surface area contributed by atoms with Crippen molar-refractivity contribution in [2.45, 2.75) is 26.3 Å². The highest BCUT2D eigenvalue weighted by Gasteiger charge is 2.11. The van der Waals surface area contributed by atoms with Crippen LogP contribution in [0.15, 0.2) is 24.3 Å². The van der Waals surface area contributed by atoms with Gasteiger partial charge in [-0.1, -0.05) is 32.0 Å². The number of hydrogen-bond donors (Lipinski definition) is 1. The van der Waals surface area contributed by atoms with Crippen LogP contribution in [-0.4, -0.2) is 19.7 Å². The number of para-hydroxylation sites is 1. The molecule has 3 nitrogen and oxygen atoms in total. The summed E-state index contributed by atoms with van der Waals surface area (Å²) in [6, 6.07) is 10.2. The monoisotopic (exact) mass is 232 g/mol. The van der Waals surface area contributed by atoms with Crippen LogP contribution in [0, 0.1) is 17.2 Å². The summed E-state index contributed by atoms with van der Waals surface area (Å²) in [4.78, 5) is 0. The Kier molecular flexibility index (Phi) is 5.51. The predicted molar refractivity (Wildman–Crippen MR) is 68.9 cm³/mol. The van der Waals surface area contributed by atoms with Gasteiger partial charge in [0, 0.05) is 6.54 Å². The molecule has 0 amide bonds. The minimum Gasteiger partial charge on any atom is -0.496 e. The van der Waals surface area contributed by atoms with Crippen LogP contribution in [0.5, 0.6) is 5.75 Å². The zero-order chi connectivity index (χ0) is 12.7. The summed E-state index contributed by atoms with van der Waals surface area (Å²) in [5, 5.41) is 12.2. The molecule has 0 fully saturated rings. The number of nitriles is 1. The van der Waals surface area contributed by atoms with Gasteiger partial charge in [-0.3, -0.25) is 0 Å². The molecule has 0 heterocycles. The molecule has 92 valence electrons. The Hall–Kier alpha value is -1.53. The smallest absolute Gasteiger partial charge is 0.122 e. The molecule has 0 saturated heterocycles. The van der Waals surface area contributed by atoms with Crippen LogP contribution in [0.3, 0.4) is 0 Å². The number of hydrogen-bond acceptors (Lipinski definition) is 3. The van der Waals surface area contributed by atoms with Crippen LogP contribution in [-0.2, 0) is 6.42 Å². The summed E-state index contributed by atoms with van der Waals surface area (Å²) in [6.07, 6.45) is 0.870. The molecular weight excluding hydrogens is 212 g/mol. The molecule has 0 spiro atoms. The molecule has 0 saturated carbocycles. The van der Waals surface area contributed by atoms with Crippen molar-refractivity contribution in [2.75, 3.05) is 13.7 Å². The van der Waals surface area contributed by atoms with Crippen molar-refractivity contribution in [2.24, 2.45) is 5.92 Å². The van der Waals surface area contributed by atoms with Gasteiger partial charge in [-0.05, 0) is 24.0 Å². The average molecular weight is 232 g/mol. The van der Waals surface area contributed by atoms with Gasteiger partial charge >= 0.3 is 0 Å². The van der Waals surface area contributed by atoms with Gasteiger partial charge in [-0.25, -0.2) is 0 Å². The second-order valence-corrected chi connectivity index (χ2v) is 4.37. The van der Waals surface area contributed by atoms with Gasteiger partial charge in [0.15, 0.2) is 0 Å². The first-order valence-corrected chi connectivity index (χ1v) is 5.94. The Bertz CT molecular complexity index is 382. The summed E-state index contributed by atoms with van der Waals surface area (Å²) in [6.45, 7) is 4.88. The van der Waals surface area contributed by atoms with E-state index >= 15 is 0 Å². The first-order chi connectivity index (χ1) is 8.19. The second kappa shape index (κ2) is 6.93. The Morgan fingerprint density at radius 1 is 1.35 bits per heavy atom. The van der Waals surface area contributed by atoms with Crippen molar-refractivity contribution in [3.05, 3.63) is 29.8 Å². The number of ether oxygens (including phenoxy) is 1. The number of rotatable bonds is 6. The molecule has 0 radical (unpaired) electrons. The third-order valence-corrected chi connectivity index (χ3v) is 2.76. The van der Waals surface area contributed by atoms with E-state index in [0.29, 0.717) is 5.92 Å². The van der Waals surface area contributed by atoms with Gasteiger partial charge in [0.1, 0.15) is 5.75 Å². The maximum Gasteiger partial charge on any atom is 0.122 e. The number of methoxy groups -OCH3 is 1. The van der Waals surface area contributed by atoms with Crippen LogP contribution in [0.4, 0.5) is 0 Å². The fraction of sp³-hybridized carbons (Fsp3) is 0.500. The summed E-state index contributed by atoms with van der Waals surface area (Å²) in [5.41, 5.74) is 1.17. The molecule has 1 aromatic rings. The maximum atomic E-state index is 8.96. The third-order valence-electron chi connectivity index (χ3n) is 2.76. The number of benzene rings is 1. The predicted octanol–water partition coefficient (Wildman–Crippen LogP) is 2.38.